The van der Waals surface area contributed by atoms with Gasteiger partial charge in [0.25, 0.3) is 0 Å². The first-order valence-corrected chi connectivity index (χ1v) is 6.42. The number of aryl methyl sites for hydroxylation is 1. The van der Waals surface area contributed by atoms with Crippen LogP contribution in [0.2, 0.25) is 0 Å². The minimum absolute atomic E-state index is 0.224. The van der Waals surface area contributed by atoms with Crippen LogP contribution in [0, 0.1) is 12.8 Å². The molecule has 1 saturated carbocycles. The van der Waals surface area contributed by atoms with E-state index in [4.69, 9.17) is 9.15 Å². The number of hydrogen-bond acceptors (Lipinski definition) is 5. The molecule has 1 aromatic heterocycles. The van der Waals surface area contributed by atoms with E-state index in [1.165, 1.54) is 12.8 Å². The van der Waals surface area contributed by atoms with Crippen LogP contribution in [0.5, 0.6) is 0 Å². The predicted molar refractivity (Wildman–Crippen MR) is 61.6 cm³/mol. The molecule has 1 saturated heterocycles. The molecular weight excluding hydrogens is 234 g/mol. The Kier molecular flexibility index (Phi) is 3.03. The van der Waals surface area contributed by atoms with E-state index in [1.54, 1.807) is 6.92 Å². The van der Waals surface area contributed by atoms with Crippen molar-refractivity contribution in [3.05, 3.63) is 11.8 Å². The lowest BCUT2D eigenvalue weighted by molar-refractivity contribution is -0.140. The van der Waals surface area contributed by atoms with Crippen molar-refractivity contribution in [1.82, 2.24) is 15.1 Å². The third kappa shape index (κ3) is 2.53. The molecule has 1 amide bonds. The molecule has 98 valence electrons. The first-order valence-electron chi connectivity index (χ1n) is 6.42. The van der Waals surface area contributed by atoms with Crippen molar-refractivity contribution in [3.63, 3.8) is 0 Å². The zero-order chi connectivity index (χ0) is 12.5. The summed E-state index contributed by atoms with van der Waals surface area (Å²) in [6, 6.07) is 0. The summed E-state index contributed by atoms with van der Waals surface area (Å²) in [6.07, 6.45) is 2.79. The van der Waals surface area contributed by atoms with Gasteiger partial charge in [-0.1, -0.05) is 0 Å². The number of nitrogens with zero attached hydrogens (tertiary/aromatic N) is 3. The third-order valence-electron chi connectivity index (χ3n) is 3.40. The van der Waals surface area contributed by atoms with Crippen LogP contribution in [-0.2, 0) is 9.53 Å². The van der Waals surface area contributed by atoms with Gasteiger partial charge in [-0.25, -0.2) is 0 Å². The van der Waals surface area contributed by atoms with Crippen LogP contribution in [-0.4, -0.2) is 40.7 Å². The zero-order valence-corrected chi connectivity index (χ0v) is 10.5. The smallest absolute Gasteiger partial charge is 0.246 e. The molecule has 0 bridgehead atoms. The Morgan fingerprint density at radius 2 is 2.28 bits per heavy atom. The van der Waals surface area contributed by atoms with Gasteiger partial charge in [-0.05, 0) is 18.8 Å². The van der Waals surface area contributed by atoms with Gasteiger partial charge in [0.2, 0.25) is 17.7 Å². The topological polar surface area (TPSA) is 68.5 Å². The molecule has 1 aliphatic heterocycles. The van der Waals surface area contributed by atoms with Crippen molar-refractivity contribution in [1.29, 1.82) is 0 Å². The first kappa shape index (κ1) is 11.6. The van der Waals surface area contributed by atoms with Crippen molar-refractivity contribution < 1.29 is 13.9 Å². The van der Waals surface area contributed by atoms with Crippen LogP contribution in [0.15, 0.2) is 4.42 Å². The lowest BCUT2D eigenvalue weighted by Crippen LogP contribution is -2.42. The minimum atomic E-state index is -0.275. The Morgan fingerprint density at radius 1 is 1.44 bits per heavy atom. The maximum absolute atomic E-state index is 12.0. The summed E-state index contributed by atoms with van der Waals surface area (Å²) in [5.74, 6) is 1.83. The van der Waals surface area contributed by atoms with E-state index < -0.39 is 0 Å². The fraction of sp³-hybridized carbons (Fsp3) is 0.750. The van der Waals surface area contributed by atoms with Crippen LogP contribution in [0.4, 0.5) is 0 Å². The highest BCUT2D eigenvalue weighted by atomic mass is 16.5. The molecule has 1 aliphatic carbocycles. The molecule has 0 N–H and O–H groups in total. The average Bonchev–Trinajstić information content (AvgIpc) is 3.08. The monoisotopic (exact) mass is 251 g/mol. The maximum Gasteiger partial charge on any atom is 0.246 e. The van der Waals surface area contributed by atoms with Gasteiger partial charge in [-0.2, -0.15) is 0 Å². The van der Waals surface area contributed by atoms with E-state index in [1.807, 2.05) is 4.90 Å². The van der Waals surface area contributed by atoms with Gasteiger partial charge in [0.15, 0.2) is 6.10 Å². The van der Waals surface area contributed by atoms with E-state index >= 15 is 0 Å². The summed E-state index contributed by atoms with van der Waals surface area (Å²) in [5.41, 5.74) is 0. The van der Waals surface area contributed by atoms with Crippen molar-refractivity contribution in [2.45, 2.75) is 32.3 Å². The van der Waals surface area contributed by atoms with Crippen molar-refractivity contribution >= 4 is 5.91 Å². The second kappa shape index (κ2) is 4.68. The van der Waals surface area contributed by atoms with Crippen LogP contribution in [0.1, 0.15) is 37.1 Å². The van der Waals surface area contributed by atoms with Gasteiger partial charge < -0.3 is 14.1 Å². The first-order chi connectivity index (χ1) is 8.72. The predicted octanol–water partition coefficient (Wildman–Crippen LogP) is 1.08. The quantitative estimate of drug-likeness (QED) is 0.804. The highest BCUT2D eigenvalue weighted by Crippen LogP contribution is 2.33. The molecule has 0 radical (unpaired) electrons. The van der Waals surface area contributed by atoms with Gasteiger partial charge in [0.05, 0.1) is 13.2 Å². The molecule has 0 aromatic carbocycles. The minimum Gasteiger partial charge on any atom is -0.423 e. The molecule has 6 nitrogen and oxygen atoms in total. The van der Waals surface area contributed by atoms with Gasteiger partial charge >= 0.3 is 0 Å². The van der Waals surface area contributed by atoms with Crippen LogP contribution in [0.25, 0.3) is 0 Å². The molecule has 1 unspecified atom stereocenters. The molecule has 3 rings (SSSR count). The van der Waals surface area contributed by atoms with E-state index in [0.29, 0.717) is 43.8 Å². The number of aromatic nitrogens is 2. The Morgan fingerprint density at radius 3 is 2.94 bits per heavy atom. The van der Waals surface area contributed by atoms with Gasteiger partial charge in [-0.15, -0.1) is 10.2 Å². The van der Waals surface area contributed by atoms with Crippen LogP contribution < -0.4 is 0 Å². The van der Waals surface area contributed by atoms with Gasteiger partial charge in [-0.3, -0.25) is 4.79 Å². The molecule has 18 heavy (non-hydrogen) atoms. The molecule has 2 heterocycles. The Labute approximate surface area is 105 Å². The summed E-state index contributed by atoms with van der Waals surface area (Å²) < 4.78 is 10.9. The summed E-state index contributed by atoms with van der Waals surface area (Å²) in [7, 11) is 0. The number of hydrogen-bond donors (Lipinski definition) is 0. The molecule has 1 atom stereocenters. The molecule has 2 fully saturated rings. The SMILES string of the molecule is Cc1nnc(C2CN(C(=O)CC3CC3)CCO2)o1. The van der Waals surface area contributed by atoms with Crippen molar-refractivity contribution in [2.75, 3.05) is 19.7 Å². The third-order valence-corrected chi connectivity index (χ3v) is 3.40. The summed E-state index contributed by atoms with van der Waals surface area (Å²) in [4.78, 5) is 13.9. The highest BCUT2D eigenvalue weighted by Gasteiger charge is 2.32. The summed E-state index contributed by atoms with van der Waals surface area (Å²) >= 11 is 0. The number of carbonyl (C=O) groups is 1. The maximum atomic E-state index is 12.0. The van der Waals surface area contributed by atoms with E-state index in [9.17, 15) is 4.79 Å². The van der Waals surface area contributed by atoms with Gasteiger partial charge in [0.1, 0.15) is 0 Å². The van der Waals surface area contributed by atoms with E-state index in [0.717, 1.165) is 0 Å². The number of amides is 1. The Balaban J connectivity index is 1.62. The summed E-state index contributed by atoms with van der Waals surface area (Å²) in [5, 5.41) is 7.75. The zero-order valence-electron chi connectivity index (χ0n) is 10.5. The molecule has 6 heteroatoms. The van der Waals surface area contributed by atoms with E-state index in [-0.39, 0.29) is 12.0 Å². The second-order valence-corrected chi connectivity index (χ2v) is 5.01. The normalized spacial score (nSPS) is 24.3. The number of carbonyl (C=O) groups excluding carboxylic acids is 1. The van der Waals surface area contributed by atoms with Gasteiger partial charge in [0, 0.05) is 19.9 Å². The largest absolute Gasteiger partial charge is 0.423 e. The number of rotatable bonds is 3. The fourth-order valence-electron chi connectivity index (χ4n) is 2.17. The van der Waals surface area contributed by atoms with Crippen LogP contribution in [0.3, 0.4) is 0 Å². The standard InChI is InChI=1S/C12H17N3O3/c1-8-13-14-12(18-8)10-7-15(4-5-17-10)11(16)6-9-2-3-9/h9-10H,2-7H2,1H3. The molecule has 1 aromatic rings. The lowest BCUT2D eigenvalue weighted by atomic mass is 10.2. The van der Waals surface area contributed by atoms with Crippen molar-refractivity contribution in [3.8, 4) is 0 Å². The second-order valence-electron chi connectivity index (χ2n) is 5.01. The average molecular weight is 251 g/mol. The van der Waals surface area contributed by atoms with Crippen molar-refractivity contribution in [2.24, 2.45) is 5.92 Å². The van der Waals surface area contributed by atoms with Crippen LogP contribution >= 0.6 is 0 Å². The number of ether oxygens (including phenoxy) is 1. The summed E-state index contributed by atoms with van der Waals surface area (Å²) in [6.45, 7) is 3.46. The molecular formula is C12H17N3O3. The highest BCUT2D eigenvalue weighted by molar-refractivity contribution is 5.76. The fourth-order valence-corrected chi connectivity index (χ4v) is 2.17. The Hall–Kier alpha value is -1.43. The lowest BCUT2D eigenvalue weighted by Gasteiger charge is -2.31. The Bertz CT molecular complexity index is 442. The van der Waals surface area contributed by atoms with E-state index in [2.05, 4.69) is 10.2 Å². The molecule has 2 aliphatic rings. The number of morpholine rings is 1. The molecule has 0 spiro atoms.